The summed E-state index contributed by atoms with van der Waals surface area (Å²) in [4.78, 5) is 14.9. The molecule has 0 spiro atoms. The Morgan fingerprint density at radius 3 is 2.54 bits per heavy atom. The first-order valence-corrected chi connectivity index (χ1v) is 9.30. The van der Waals surface area contributed by atoms with Crippen molar-refractivity contribution in [3.63, 3.8) is 0 Å². The summed E-state index contributed by atoms with van der Waals surface area (Å²) in [7, 11) is 1.74. The summed E-state index contributed by atoms with van der Waals surface area (Å²) in [5, 5.41) is 0.862. The Bertz CT molecular complexity index is 853. The highest BCUT2D eigenvalue weighted by molar-refractivity contribution is 6.42. The van der Waals surface area contributed by atoms with Crippen molar-refractivity contribution in [2.45, 2.75) is 18.4 Å². The second-order valence-corrected chi connectivity index (χ2v) is 7.58. The van der Waals surface area contributed by atoms with E-state index in [2.05, 4.69) is 0 Å². The number of amides is 1. The van der Waals surface area contributed by atoms with Crippen molar-refractivity contribution in [2.75, 3.05) is 7.05 Å². The summed E-state index contributed by atoms with van der Waals surface area (Å²) in [6, 6.07) is 11.4. The Hall–Kier alpha value is -1.55. The molecule has 2 aromatic carbocycles. The van der Waals surface area contributed by atoms with Gasteiger partial charge in [0.15, 0.2) is 0 Å². The van der Waals surface area contributed by atoms with Gasteiger partial charge in [-0.05, 0) is 47.7 Å². The van der Waals surface area contributed by atoms with Crippen molar-refractivity contribution in [2.24, 2.45) is 5.92 Å². The lowest BCUT2D eigenvalue weighted by molar-refractivity contribution is -0.133. The SMILES string of the molecule is CN(Cc1ccc(F)cc1)C(=O)[C@@]1(c2ccc(Cl)c(Cl)c2)C[C@H]1C=CCl. The number of likely N-dealkylation sites (N-methyl/N-ethyl adjacent to an activating group) is 1. The molecule has 0 unspecified atom stereocenters. The lowest BCUT2D eigenvalue weighted by atomic mass is 9.91. The van der Waals surface area contributed by atoms with Crippen molar-refractivity contribution in [1.29, 1.82) is 0 Å². The normalized spacial score (nSPS) is 21.8. The van der Waals surface area contributed by atoms with Gasteiger partial charge in [0.25, 0.3) is 0 Å². The third kappa shape index (κ3) is 3.62. The number of hydrogen-bond acceptors (Lipinski definition) is 1. The zero-order valence-electron chi connectivity index (χ0n) is 14.1. The van der Waals surface area contributed by atoms with Crippen molar-refractivity contribution < 1.29 is 9.18 Å². The summed E-state index contributed by atoms with van der Waals surface area (Å²) >= 11 is 17.9. The second kappa shape index (κ2) is 7.59. The van der Waals surface area contributed by atoms with E-state index in [0.717, 1.165) is 11.1 Å². The zero-order chi connectivity index (χ0) is 18.9. The molecule has 0 saturated heterocycles. The van der Waals surface area contributed by atoms with Crippen molar-refractivity contribution in [1.82, 2.24) is 4.90 Å². The van der Waals surface area contributed by atoms with Crippen molar-refractivity contribution in [3.8, 4) is 0 Å². The number of benzene rings is 2. The van der Waals surface area contributed by atoms with Gasteiger partial charge in [0.1, 0.15) is 5.82 Å². The van der Waals surface area contributed by atoms with Crippen LogP contribution in [0.1, 0.15) is 17.5 Å². The van der Waals surface area contributed by atoms with Gasteiger partial charge >= 0.3 is 0 Å². The van der Waals surface area contributed by atoms with E-state index >= 15 is 0 Å². The van der Waals surface area contributed by atoms with E-state index in [1.807, 2.05) is 12.1 Å². The van der Waals surface area contributed by atoms with Gasteiger partial charge in [0.05, 0.1) is 15.5 Å². The quantitative estimate of drug-likeness (QED) is 0.607. The van der Waals surface area contributed by atoms with Gasteiger partial charge in [-0.1, -0.05) is 59.1 Å². The predicted octanol–water partition coefficient (Wildman–Crippen LogP) is 5.80. The molecule has 2 nitrogen and oxygen atoms in total. The number of halogens is 4. The van der Waals surface area contributed by atoms with Gasteiger partial charge in [-0.15, -0.1) is 0 Å². The third-order valence-electron chi connectivity index (χ3n) is 4.82. The molecule has 26 heavy (non-hydrogen) atoms. The van der Waals surface area contributed by atoms with Crippen LogP contribution >= 0.6 is 34.8 Å². The summed E-state index contributed by atoms with van der Waals surface area (Å²) in [6.45, 7) is 0.388. The molecule has 1 amide bonds. The maximum absolute atomic E-state index is 13.3. The molecule has 1 saturated carbocycles. The van der Waals surface area contributed by atoms with Crippen molar-refractivity contribution >= 4 is 40.7 Å². The van der Waals surface area contributed by atoms with Crippen LogP contribution in [0, 0.1) is 11.7 Å². The van der Waals surface area contributed by atoms with Gasteiger partial charge < -0.3 is 4.90 Å². The fourth-order valence-electron chi connectivity index (χ4n) is 3.36. The second-order valence-electron chi connectivity index (χ2n) is 6.52. The maximum atomic E-state index is 13.3. The molecule has 1 aliphatic carbocycles. The van der Waals surface area contributed by atoms with Crippen LogP contribution in [-0.4, -0.2) is 17.9 Å². The van der Waals surface area contributed by atoms with Gasteiger partial charge in [-0.25, -0.2) is 4.39 Å². The molecule has 0 heterocycles. The van der Waals surface area contributed by atoms with Crippen LogP contribution in [0.4, 0.5) is 4.39 Å². The molecule has 0 bridgehead atoms. The van der Waals surface area contributed by atoms with Gasteiger partial charge in [0, 0.05) is 19.1 Å². The van der Waals surface area contributed by atoms with Gasteiger partial charge in [-0.3, -0.25) is 4.79 Å². The van der Waals surface area contributed by atoms with Gasteiger partial charge in [-0.2, -0.15) is 0 Å². The Morgan fingerprint density at radius 2 is 1.92 bits per heavy atom. The van der Waals surface area contributed by atoms with Crippen LogP contribution in [-0.2, 0) is 16.8 Å². The molecule has 0 N–H and O–H groups in total. The van der Waals surface area contributed by atoms with Crippen LogP contribution in [0.5, 0.6) is 0 Å². The smallest absolute Gasteiger partial charge is 0.233 e. The van der Waals surface area contributed by atoms with Crippen LogP contribution in [0.2, 0.25) is 10.0 Å². The number of hydrogen-bond donors (Lipinski definition) is 0. The standard InChI is InChI=1S/C20H17Cl3FNO/c1-25(12-13-2-5-16(24)6-3-13)19(26)20(11-15(20)8-9-21)14-4-7-17(22)18(23)10-14/h2-10,15H,11-12H2,1H3/t15-,20-/m1/s1. The number of allylic oxidation sites excluding steroid dienone is 1. The minimum absolute atomic E-state index is 0.000380. The number of carbonyl (C=O) groups excluding carboxylic acids is 1. The van der Waals surface area contributed by atoms with Crippen LogP contribution in [0.25, 0.3) is 0 Å². The van der Waals surface area contributed by atoms with E-state index in [1.54, 1.807) is 36.2 Å². The molecule has 0 aromatic heterocycles. The van der Waals surface area contributed by atoms with E-state index in [1.165, 1.54) is 17.7 Å². The van der Waals surface area contributed by atoms with E-state index in [0.29, 0.717) is 23.0 Å². The van der Waals surface area contributed by atoms with E-state index in [4.69, 9.17) is 34.8 Å². The number of rotatable bonds is 5. The zero-order valence-corrected chi connectivity index (χ0v) is 16.3. The largest absolute Gasteiger partial charge is 0.341 e. The van der Waals surface area contributed by atoms with E-state index in [-0.39, 0.29) is 17.6 Å². The number of nitrogens with zero attached hydrogens (tertiary/aromatic N) is 1. The molecular formula is C20H17Cl3FNO. The first-order chi connectivity index (χ1) is 12.4. The molecule has 1 fully saturated rings. The average Bonchev–Trinajstić information content (AvgIpc) is 3.34. The minimum atomic E-state index is -0.700. The van der Waals surface area contributed by atoms with E-state index in [9.17, 15) is 9.18 Å². The summed E-state index contributed by atoms with van der Waals surface area (Å²) in [5.41, 5.74) is 2.42. The molecule has 6 heteroatoms. The highest BCUT2D eigenvalue weighted by atomic mass is 35.5. The average molecular weight is 413 g/mol. The maximum Gasteiger partial charge on any atom is 0.233 e. The first-order valence-electron chi connectivity index (χ1n) is 8.11. The molecule has 2 aromatic rings. The lowest BCUT2D eigenvalue weighted by Gasteiger charge is -2.25. The molecule has 136 valence electrons. The van der Waals surface area contributed by atoms with Gasteiger partial charge in [0.2, 0.25) is 5.91 Å². The third-order valence-corrected chi connectivity index (χ3v) is 5.70. The molecule has 0 radical (unpaired) electrons. The first kappa shape index (κ1) is 19.2. The van der Waals surface area contributed by atoms with Crippen LogP contribution in [0.15, 0.2) is 54.1 Å². The molecule has 1 aliphatic rings. The fraction of sp³-hybridized carbons (Fsp3) is 0.250. The highest BCUT2D eigenvalue weighted by Crippen LogP contribution is 2.57. The Morgan fingerprint density at radius 1 is 1.23 bits per heavy atom. The van der Waals surface area contributed by atoms with Crippen LogP contribution in [0.3, 0.4) is 0 Å². The highest BCUT2D eigenvalue weighted by Gasteiger charge is 2.60. The minimum Gasteiger partial charge on any atom is -0.341 e. The van der Waals surface area contributed by atoms with Crippen molar-refractivity contribution in [3.05, 3.63) is 81.1 Å². The predicted molar refractivity (Wildman–Crippen MR) is 104 cm³/mol. The summed E-state index contributed by atoms with van der Waals surface area (Å²) in [5.74, 6) is -0.329. The molecule has 2 atom stereocenters. The van der Waals surface area contributed by atoms with E-state index < -0.39 is 5.41 Å². The molecular weight excluding hydrogens is 396 g/mol. The Labute approximate surface area is 167 Å². The molecule has 3 rings (SSSR count). The molecule has 0 aliphatic heterocycles. The Balaban J connectivity index is 1.88. The summed E-state index contributed by atoms with van der Waals surface area (Å²) < 4.78 is 13.1. The lowest BCUT2D eigenvalue weighted by Crippen LogP contribution is -2.37. The topological polar surface area (TPSA) is 20.3 Å². The fourth-order valence-corrected chi connectivity index (χ4v) is 3.83. The number of carbonyl (C=O) groups is 1. The monoisotopic (exact) mass is 411 g/mol. The summed E-state index contributed by atoms with van der Waals surface area (Å²) in [6.07, 6.45) is 2.48. The van der Waals surface area contributed by atoms with Crippen LogP contribution < -0.4 is 0 Å². The Kier molecular flexibility index (Phi) is 5.61.